The van der Waals surface area contributed by atoms with Gasteiger partial charge in [-0.3, -0.25) is 4.84 Å². The zero-order valence-corrected chi connectivity index (χ0v) is 13.5. The highest BCUT2D eigenvalue weighted by molar-refractivity contribution is 5.84. The van der Waals surface area contributed by atoms with Crippen LogP contribution in [0.1, 0.15) is 44.9 Å². The Kier molecular flexibility index (Phi) is 6.41. The molecule has 1 saturated carbocycles. The van der Waals surface area contributed by atoms with Gasteiger partial charge in [-0.1, -0.05) is 25.3 Å². The van der Waals surface area contributed by atoms with E-state index in [4.69, 9.17) is 15.7 Å². The number of carbonyl (C=O) groups excluding carboxylic acids is 1. The lowest BCUT2D eigenvalue weighted by Gasteiger charge is -2.26. The standard InChI is InChI=1S/C10H14N2O4.C6H13N/c1-2-5-16-12-7-3-4-8(9(13)14)11(6-7)10(12)15;7-6-4-2-1-3-5-6/h2,7-8H,1,3-6H2,(H,13,14);6H,1-5,7H2/t7-,8+;/m1./s1. The summed E-state index contributed by atoms with van der Waals surface area (Å²) in [5, 5.41) is 10.3. The van der Waals surface area contributed by atoms with Crippen LogP contribution in [-0.2, 0) is 9.63 Å². The molecule has 2 amide bonds. The van der Waals surface area contributed by atoms with E-state index in [1.807, 2.05) is 0 Å². The highest BCUT2D eigenvalue weighted by Crippen LogP contribution is 2.29. The first-order valence-corrected chi connectivity index (χ1v) is 8.36. The Morgan fingerprint density at radius 2 is 2.00 bits per heavy atom. The molecule has 7 heteroatoms. The molecule has 0 aromatic heterocycles. The second-order valence-corrected chi connectivity index (χ2v) is 6.33. The van der Waals surface area contributed by atoms with Crippen molar-refractivity contribution in [3.8, 4) is 0 Å². The summed E-state index contributed by atoms with van der Waals surface area (Å²) in [6.07, 6.45) is 9.37. The van der Waals surface area contributed by atoms with E-state index in [2.05, 4.69) is 6.58 Å². The van der Waals surface area contributed by atoms with Gasteiger partial charge in [-0.05, 0) is 25.7 Å². The molecule has 2 atom stereocenters. The predicted molar refractivity (Wildman–Crippen MR) is 85.6 cm³/mol. The molecule has 2 saturated heterocycles. The fraction of sp³-hybridized carbons (Fsp3) is 0.750. The van der Waals surface area contributed by atoms with Gasteiger partial charge in [0.15, 0.2) is 0 Å². The number of urea groups is 1. The SMILES string of the molecule is C=CCON1C(=O)N2C[C@H]1CC[C@H]2C(=O)O.NC1CCCCC1. The summed E-state index contributed by atoms with van der Waals surface area (Å²) < 4.78 is 0. The van der Waals surface area contributed by atoms with Crippen molar-refractivity contribution < 1.29 is 19.5 Å². The van der Waals surface area contributed by atoms with Crippen molar-refractivity contribution in [3.05, 3.63) is 12.7 Å². The van der Waals surface area contributed by atoms with E-state index in [9.17, 15) is 9.59 Å². The van der Waals surface area contributed by atoms with Gasteiger partial charge < -0.3 is 15.7 Å². The second kappa shape index (κ2) is 8.31. The van der Waals surface area contributed by atoms with Gasteiger partial charge in [0.1, 0.15) is 6.04 Å². The number of hydrogen-bond donors (Lipinski definition) is 2. The van der Waals surface area contributed by atoms with Crippen molar-refractivity contribution in [1.82, 2.24) is 9.96 Å². The maximum atomic E-state index is 11.8. The van der Waals surface area contributed by atoms with Gasteiger partial charge in [-0.15, -0.1) is 6.58 Å². The number of carboxylic acids is 1. The lowest BCUT2D eigenvalue weighted by Crippen LogP contribution is -2.44. The first kappa shape index (κ1) is 17.7. The topological polar surface area (TPSA) is 96.1 Å². The molecule has 3 rings (SSSR count). The Morgan fingerprint density at radius 1 is 1.30 bits per heavy atom. The maximum Gasteiger partial charge on any atom is 0.345 e. The van der Waals surface area contributed by atoms with Gasteiger partial charge in [0.2, 0.25) is 0 Å². The molecule has 2 heterocycles. The third-order valence-corrected chi connectivity index (χ3v) is 4.59. The lowest BCUT2D eigenvalue weighted by atomic mass is 9.97. The summed E-state index contributed by atoms with van der Waals surface area (Å²) in [5.41, 5.74) is 5.63. The minimum atomic E-state index is -0.947. The number of fused-ring (bicyclic) bond motifs is 2. The molecule has 3 aliphatic rings. The molecular weight excluding hydrogens is 298 g/mol. The van der Waals surface area contributed by atoms with Crippen LogP contribution < -0.4 is 5.73 Å². The van der Waals surface area contributed by atoms with Crippen LogP contribution in [0, 0.1) is 0 Å². The fourth-order valence-electron chi connectivity index (χ4n) is 3.32. The molecular formula is C16H27N3O4. The Bertz CT molecular complexity index is 437. The van der Waals surface area contributed by atoms with Crippen molar-refractivity contribution >= 4 is 12.0 Å². The highest BCUT2D eigenvalue weighted by atomic mass is 16.7. The van der Waals surface area contributed by atoms with E-state index < -0.39 is 12.0 Å². The molecule has 1 aliphatic carbocycles. The molecule has 3 fully saturated rings. The molecule has 23 heavy (non-hydrogen) atoms. The predicted octanol–water partition coefficient (Wildman–Crippen LogP) is 1.73. The van der Waals surface area contributed by atoms with Gasteiger partial charge in [0, 0.05) is 12.6 Å². The zero-order chi connectivity index (χ0) is 16.8. The molecule has 0 unspecified atom stereocenters. The third-order valence-electron chi connectivity index (χ3n) is 4.59. The van der Waals surface area contributed by atoms with Crippen LogP contribution in [0.3, 0.4) is 0 Å². The monoisotopic (exact) mass is 325 g/mol. The number of carbonyl (C=O) groups is 2. The molecule has 2 bridgehead atoms. The molecule has 3 N–H and O–H groups in total. The molecule has 0 aromatic rings. The van der Waals surface area contributed by atoms with Crippen LogP contribution in [0.5, 0.6) is 0 Å². The molecule has 130 valence electrons. The zero-order valence-electron chi connectivity index (χ0n) is 13.5. The van der Waals surface area contributed by atoms with Crippen molar-refractivity contribution in [1.29, 1.82) is 0 Å². The number of aliphatic carboxylic acids is 1. The Hall–Kier alpha value is -1.60. The summed E-state index contributed by atoms with van der Waals surface area (Å²) in [4.78, 5) is 29.4. The Labute approximate surface area is 137 Å². The molecule has 2 aliphatic heterocycles. The number of piperidine rings is 1. The van der Waals surface area contributed by atoms with Crippen molar-refractivity contribution in [3.63, 3.8) is 0 Å². The first-order chi connectivity index (χ1) is 11.0. The Balaban J connectivity index is 0.000000229. The highest BCUT2D eigenvalue weighted by Gasteiger charge is 2.47. The fourth-order valence-corrected chi connectivity index (χ4v) is 3.32. The summed E-state index contributed by atoms with van der Waals surface area (Å²) in [7, 11) is 0. The summed E-state index contributed by atoms with van der Waals surface area (Å²) in [6, 6.07) is -0.547. The van der Waals surface area contributed by atoms with Gasteiger partial charge in [-0.2, -0.15) is 5.06 Å². The quantitative estimate of drug-likeness (QED) is 0.768. The van der Waals surface area contributed by atoms with E-state index in [1.54, 1.807) is 6.08 Å². The van der Waals surface area contributed by atoms with Gasteiger partial charge >= 0.3 is 12.0 Å². The van der Waals surface area contributed by atoms with Crippen LogP contribution in [0.15, 0.2) is 12.7 Å². The minimum Gasteiger partial charge on any atom is -0.480 e. The van der Waals surface area contributed by atoms with E-state index in [0.717, 1.165) is 0 Å². The molecule has 0 radical (unpaired) electrons. The van der Waals surface area contributed by atoms with Crippen molar-refractivity contribution in [2.45, 2.75) is 63.1 Å². The summed E-state index contributed by atoms with van der Waals surface area (Å²) in [6.45, 7) is 4.20. The first-order valence-electron chi connectivity index (χ1n) is 8.36. The number of rotatable bonds is 4. The normalized spacial score (nSPS) is 27.4. The smallest absolute Gasteiger partial charge is 0.345 e. The molecule has 0 spiro atoms. The van der Waals surface area contributed by atoms with Crippen LogP contribution in [0.2, 0.25) is 0 Å². The van der Waals surface area contributed by atoms with Gasteiger partial charge in [0.05, 0.1) is 12.6 Å². The summed E-state index contributed by atoms with van der Waals surface area (Å²) >= 11 is 0. The number of amides is 2. The Morgan fingerprint density at radius 3 is 2.52 bits per heavy atom. The van der Waals surface area contributed by atoms with E-state index >= 15 is 0 Å². The number of hydroxylamine groups is 2. The van der Waals surface area contributed by atoms with Crippen LogP contribution >= 0.6 is 0 Å². The molecule has 7 nitrogen and oxygen atoms in total. The van der Waals surface area contributed by atoms with Crippen LogP contribution in [0.4, 0.5) is 4.79 Å². The van der Waals surface area contributed by atoms with Crippen molar-refractivity contribution in [2.75, 3.05) is 13.2 Å². The lowest BCUT2D eigenvalue weighted by molar-refractivity contribution is -0.142. The number of hydrogen-bond acceptors (Lipinski definition) is 4. The number of carboxylic acid groups (broad SMARTS) is 1. The van der Waals surface area contributed by atoms with E-state index in [1.165, 1.54) is 42.1 Å². The van der Waals surface area contributed by atoms with Gasteiger partial charge in [-0.25, -0.2) is 9.59 Å². The van der Waals surface area contributed by atoms with E-state index in [0.29, 0.717) is 25.4 Å². The number of nitrogens with zero attached hydrogens (tertiary/aromatic N) is 2. The van der Waals surface area contributed by atoms with Crippen LogP contribution in [-0.4, -0.2) is 58.3 Å². The van der Waals surface area contributed by atoms with Gasteiger partial charge in [0.25, 0.3) is 0 Å². The average Bonchev–Trinajstić information content (AvgIpc) is 2.78. The molecule has 0 aromatic carbocycles. The average molecular weight is 325 g/mol. The minimum absolute atomic E-state index is 0.0250. The maximum absolute atomic E-state index is 11.8. The van der Waals surface area contributed by atoms with Crippen molar-refractivity contribution in [2.24, 2.45) is 5.73 Å². The second-order valence-electron chi connectivity index (χ2n) is 6.33. The summed E-state index contributed by atoms with van der Waals surface area (Å²) in [5.74, 6) is -0.947. The third kappa shape index (κ3) is 4.45. The number of nitrogens with two attached hydrogens (primary N) is 1. The largest absolute Gasteiger partial charge is 0.480 e. The van der Waals surface area contributed by atoms with Crippen LogP contribution in [0.25, 0.3) is 0 Å². The van der Waals surface area contributed by atoms with E-state index in [-0.39, 0.29) is 18.7 Å².